The van der Waals surface area contributed by atoms with Gasteiger partial charge in [-0.25, -0.2) is 17.6 Å². The summed E-state index contributed by atoms with van der Waals surface area (Å²) in [6.07, 6.45) is 5.26. The van der Waals surface area contributed by atoms with Gasteiger partial charge in [-0.05, 0) is 98.1 Å². The van der Waals surface area contributed by atoms with Gasteiger partial charge in [0.1, 0.15) is 11.6 Å². The molecule has 8 heteroatoms. The molecule has 1 aliphatic carbocycles. The van der Waals surface area contributed by atoms with Gasteiger partial charge in [0, 0.05) is 5.39 Å². The van der Waals surface area contributed by atoms with Crippen LogP contribution in [0.15, 0.2) is 48.6 Å². The summed E-state index contributed by atoms with van der Waals surface area (Å²) in [5.41, 5.74) is 0.323. The van der Waals surface area contributed by atoms with Crippen LogP contribution in [0, 0.1) is 29.2 Å². The fourth-order valence-electron chi connectivity index (χ4n) is 5.14. The monoisotopic (exact) mass is 524 g/mol. The first-order chi connectivity index (χ1) is 17.6. The molecule has 1 aliphatic rings. The summed E-state index contributed by atoms with van der Waals surface area (Å²) >= 11 is 0. The second-order valence-corrected chi connectivity index (χ2v) is 9.56. The average Bonchev–Trinajstić information content (AvgIpc) is 2.83. The summed E-state index contributed by atoms with van der Waals surface area (Å²) in [6, 6.07) is 7.01. The second-order valence-electron chi connectivity index (χ2n) is 9.56. The minimum atomic E-state index is -4.77. The van der Waals surface area contributed by atoms with Crippen molar-refractivity contribution in [2.24, 2.45) is 5.92 Å². The van der Waals surface area contributed by atoms with Crippen LogP contribution in [-0.4, -0.2) is 12.8 Å². The van der Waals surface area contributed by atoms with Crippen LogP contribution in [0.4, 0.5) is 30.7 Å². The number of benzene rings is 3. The van der Waals surface area contributed by atoms with E-state index < -0.39 is 41.8 Å². The molecular weight excluding hydrogens is 497 g/mol. The molecule has 1 saturated carbocycles. The van der Waals surface area contributed by atoms with Crippen LogP contribution in [0.1, 0.15) is 56.9 Å². The molecule has 0 unspecified atom stereocenters. The third kappa shape index (κ3) is 6.28. The molecule has 0 spiro atoms. The van der Waals surface area contributed by atoms with Crippen molar-refractivity contribution in [2.45, 2.75) is 57.5 Å². The van der Waals surface area contributed by atoms with Gasteiger partial charge in [-0.2, -0.15) is 13.2 Å². The summed E-state index contributed by atoms with van der Waals surface area (Å²) < 4.78 is 101. The predicted octanol–water partition coefficient (Wildman–Crippen LogP) is 9.63. The van der Waals surface area contributed by atoms with E-state index in [9.17, 15) is 22.0 Å². The van der Waals surface area contributed by atoms with Crippen molar-refractivity contribution in [1.29, 1.82) is 0 Å². The van der Waals surface area contributed by atoms with Gasteiger partial charge in [-0.1, -0.05) is 24.3 Å². The Kier molecular flexibility index (Phi) is 8.14. The summed E-state index contributed by atoms with van der Waals surface area (Å²) in [7, 11) is 0. The molecule has 0 radical (unpaired) electrons. The highest BCUT2D eigenvalue weighted by molar-refractivity contribution is 5.89. The Bertz CT molecular complexity index is 1260. The lowest BCUT2D eigenvalue weighted by Crippen LogP contribution is -2.20. The lowest BCUT2D eigenvalue weighted by Gasteiger charge is -2.29. The Balaban J connectivity index is 1.57. The maximum absolute atomic E-state index is 15.1. The SMILES string of the molecule is C/C=C/CCC1CCC(c2cc(F)c(-c3ccc4c(F)c(OCC(F)(F)F)c(F)cc4c3)c(F)c2)CC1. The van der Waals surface area contributed by atoms with E-state index in [1.807, 2.05) is 13.0 Å². The van der Waals surface area contributed by atoms with Gasteiger partial charge in [-0.15, -0.1) is 0 Å². The number of ether oxygens (including phenoxy) is 1. The molecule has 198 valence electrons. The van der Waals surface area contributed by atoms with Crippen LogP contribution in [0.2, 0.25) is 0 Å². The van der Waals surface area contributed by atoms with Gasteiger partial charge in [-0.3, -0.25) is 0 Å². The number of fused-ring (bicyclic) bond motifs is 1. The standard InChI is InChI=1S/C29H27F7O/c1-2-3-4-5-17-6-8-18(9-7-17)20-13-23(30)26(24(31)14-20)19-10-11-22-21(12-19)15-25(32)28(27(22)33)37-16-29(34,35)36/h2-3,10-15,17-18H,4-9,16H2,1H3/b3-2+. The van der Waals surface area contributed by atoms with Crippen LogP contribution in [-0.2, 0) is 0 Å². The lowest BCUT2D eigenvalue weighted by atomic mass is 9.77. The molecule has 0 bridgehead atoms. The third-order valence-corrected chi connectivity index (χ3v) is 7.02. The average molecular weight is 525 g/mol. The Labute approximate surface area is 210 Å². The fourth-order valence-corrected chi connectivity index (χ4v) is 5.14. The van der Waals surface area contributed by atoms with E-state index in [4.69, 9.17) is 0 Å². The normalized spacial score (nSPS) is 18.6. The number of allylic oxidation sites excluding steroid dienone is 2. The second kappa shape index (κ2) is 11.2. The maximum Gasteiger partial charge on any atom is 0.422 e. The molecule has 0 heterocycles. The van der Waals surface area contributed by atoms with Crippen molar-refractivity contribution >= 4 is 10.8 Å². The van der Waals surface area contributed by atoms with Crippen molar-refractivity contribution in [3.05, 3.63) is 77.4 Å². The topological polar surface area (TPSA) is 9.23 Å². The predicted molar refractivity (Wildman–Crippen MR) is 130 cm³/mol. The molecule has 0 aliphatic heterocycles. The van der Waals surface area contributed by atoms with E-state index in [0.717, 1.165) is 50.7 Å². The largest absolute Gasteiger partial charge is 0.478 e. The van der Waals surface area contributed by atoms with Crippen molar-refractivity contribution in [2.75, 3.05) is 6.61 Å². The first kappa shape index (κ1) is 27.0. The van der Waals surface area contributed by atoms with E-state index in [2.05, 4.69) is 10.8 Å². The van der Waals surface area contributed by atoms with Crippen molar-refractivity contribution in [3.63, 3.8) is 0 Å². The van der Waals surface area contributed by atoms with Crippen LogP contribution >= 0.6 is 0 Å². The Hall–Kier alpha value is -3.03. The fraction of sp³-hybridized carbons (Fsp3) is 0.379. The molecule has 0 aromatic heterocycles. The molecule has 3 aromatic carbocycles. The summed E-state index contributed by atoms with van der Waals surface area (Å²) in [5.74, 6) is -4.71. The molecule has 0 saturated heterocycles. The summed E-state index contributed by atoms with van der Waals surface area (Å²) in [4.78, 5) is 0. The Morgan fingerprint density at radius 3 is 2.19 bits per heavy atom. The van der Waals surface area contributed by atoms with Crippen LogP contribution in [0.25, 0.3) is 21.9 Å². The summed E-state index contributed by atoms with van der Waals surface area (Å²) in [5, 5.41) is -0.295. The van der Waals surface area contributed by atoms with Gasteiger partial charge in [0.15, 0.2) is 24.0 Å². The highest BCUT2D eigenvalue weighted by Crippen LogP contribution is 2.40. The van der Waals surface area contributed by atoms with E-state index in [0.29, 0.717) is 11.5 Å². The smallest absolute Gasteiger partial charge is 0.422 e. The van der Waals surface area contributed by atoms with Crippen molar-refractivity contribution < 1.29 is 35.5 Å². The van der Waals surface area contributed by atoms with E-state index in [-0.39, 0.29) is 27.8 Å². The Morgan fingerprint density at radius 2 is 1.57 bits per heavy atom. The van der Waals surface area contributed by atoms with Crippen molar-refractivity contribution in [3.8, 4) is 16.9 Å². The minimum Gasteiger partial charge on any atom is -0.478 e. The van der Waals surface area contributed by atoms with Gasteiger partial charge < -0.3 is 4.74 Å². The molecule has 1 fully saturated rings. The van der Waals surface area contributed by atoms with Crippen LogP contribution in [0.5, 0.6) is 5.75 Å². The molecule has 3 aromatic rings. The molecule has 0 N–H and O–H groups in total. The zero-order valence-electron chi connectivity index (χ0n) is 20.3. The first-order valence-electron chi connectivity index (χ1n) is 12.3. The van der Waals surface area contributed by atoms with Crippen LogP contribution < -0.4 is 4.74 Å². The first-order valence-corrected chi connectivity index (χ1v) is 12.3. The highest BCUT2D eigenvalue weighted by atomic mass is 19.4. The number of rotatable bonds is 7. The van der Waals surface area contributed by atoms with Crippen molar-refractivity contribution in [1.82, 2.24) is 0 Å². The molecule has 37 heavy (non-hydrogen) atoms. The van der Waals surface area contributed by atoms with Gasteiger partial charge in [0.2, 0.25) is 0 Å². The zero-order chi connectivity index (χ0) is 26.7. The third-order valence-electron chi connectivity index (χ3n) is 7.02. The van der Waals surface area contributed by atoms with Gasteiger partial charge in [0.25, 0.3) is 0 Å². The highest BCUT2D eigenvalue weighted by Gasteiger charge is 2.30. The Morgan fingerprint density at radius 1 is 0.892 bits per heavy atom. The molecule has 4 rings (SSSR count). The molecule has 1 nitrogen and oxygen atoms in total. The number of halogens is 7. The maximum atomic E-state index is 15.1. The van der Waals surface area contributed by atoms with E-state index in [1.54, 1.807) is 0 Å². The van der Waals surface area contributed by atoms with Gasteiger partial charge in [0.05, 0.1) is 5.56 Å². The summed E-state index contributed by atoms with van der Waals surface area (Å²) in [6.45, 7) is 0.136. The number of hydrogen-bond donors (Lipinski definition) is 0. The lowest BCUT2D eigenvalue weighted by molar-refractivity contribution is -0.154. The quantitative estimate of drug-likeness (QED) is 0.221. The molecular formula is C29H27F7O. The zero-order valence-corrected chi connectivity index (χ0v) is 20.3. The minimum absolute atomic E-state index is 0.0597. The number of alkyl halides is 3. The molecule has 0 amide bonds. The van der Waals surface area contributed by atoms with Crippen LogP contribution in [0.3, 0.4) is 0 Å². The van der Waals surface area contributed by atoms with E-state index in [1.165, 1.54) is 24.3 Å². The number of hydrogen-bond acceptors (Lipinski definition) is 1. The van der Waals surface area contributed by atoms with Gasteiger partial charge >= 0.3 is 6.18 Å². The van der Waals surface area contributed by atoms with E-state index >= 15 is 8.78 Å². The molecule has 0 atom stereocenters.